The number of ether oxygens (including phenoxy) is 1. The molecular formula is C24H27N3O4S. The molecule has 0 spiro atoms. The molecule has 8 heteroatoms. The van der Waals surface area contributed by atoms with Crippen molar-refractivity contribution < 1.29 is 17.9 Å². The Morgan fingerprint density at radius 1 is 1.00 bits per heavy atom. The zero-order chi connectivity index (χ0) is 23.4. The van der Waals surface area contributed by atoms with Gasteiger partial charge in [0.2, 0.25) is 10.0 Å². The highest BCUT2D eigenvalue weighted by molar-refractivity contribution is 7.89. The molecule has 0 saturated heterocycles. The Hall–Kier alpha value is -3.23. The molecule has 1 amide bonds. The van der Waals surface area contributed by atoms with E-state index >= 15 is 0 Å². The van der Waals surface area contributed by atoms with Gasteiger partial charge in [0.1, 0.15) is 11.4 Å². The van der Waals surface area contributed by atoms with Gasteiger partial charge >= 0.3 is 0 Å². The molecule has 1 aromatic heterocycles. The molecule has 0 aliphatic heterocycles. The second-order valence-electron chi connectivity index (χ2n) is 8.33. The zero-order valence-electron chi connectivity index (χ0n) is 18.5. The number of amides is 1. The van der Waals surface area contributed by atoms with E-state index in [1.54, 1.807) is 48.7 Å². The molecule has 0 saturated carbocycles. The lowest BCUT2D eigenvalue weighted by Crippen LogP contribution is -2.23. The van der Waals surface area contributed by atoms with Crippen LogP contribution in [-0.2, 0) is 22.0 Å². The summed E-state index contributed by atoms with van der Waals surface area (Å²) in [7, 11) is -2.13. The molecule has 0 aliphatic carbocycles. The summed E-state index contributed by atoms with van der Waals surface area (Å²) in [6, 6.07) is 15.2. The minimum atomic E-state index is -3.65. The molecular weight excluding hydrogens is 426 g/mol. The molecule has 0 bridgehead atoms. The minimum Gasteiger partial charge on any atom is -0.494 e. The van der Waals surface area contributed by atoms with Gasteiger partial charge in [-0.05, 0) is 40.8 Å². The Kier molecular flexibility index (Phi) is 6.96. The molecule has 3 rings (SSSR count). The zero-order valence-corrected chi connectivity index (χ0v) is 19.4. The number of sulfonamides is 1. The maximum absolute atomic E-state index is 12.6. The van der Waals surface area contributed by atoms with Crippen molar-refractivity contribution in [3.05, 3.63) is 83.7 Å². The highest BCUT2D eigenvalue weighted by Crippen LogP contribution is 2.24. The molecule has 3 aromatic rings. The van der Waals surface area contributed by atoms with Crippen LogP contribution < -0.4 is 14.8 Å². The summed E-state index contributed by atoms with van der Waals surface area (Å²) in [5, 5.41) is 2.75. The Labute approximate surface area is 188 Å². The molecule has 7 nitrogen and oxygen atoms in total. The fourth-order valence-corrected chi connectivity index (χ4v) is 4.04. The normalized spacial score (nSPS) is 11.8. The summed E-state index contributed by atoms with van der Waals surface area (Å²) >= 11 is 0. The van der Waals surface area contributed by atoms with Gasteiger partial charge in [0, 0.05) is 24.4 Å². The van der Waals surface area contributed by atoms with Crippen LogP contribution in [0.3, 0.4) is 0 Å². The summed E-state index contributed by atoms with van der Waals surface area (Å²) in [5.74, 6) is 0.192. The van der Waals surface area contributed by atoms with Gasteiger partial charge in [0.15, 0.2) is 0 Å². The molecule has 1 heterocycles. The van der Waals surface area contributed by atoms with Crippen LogP contribution in [0.5, 0.6) is 5.75 Å². The first-order valence-corrected chi connectivity index (χ1v) is 11.6. The predicted octanol–water partition coefficient (Wildman–Crippen LogP) is 4.12. The van der Waals surface area contributed by atoms with Crippen LogP contribution in [-0.4, -0.2) is 26.4 Å². The van der Waals surface area contributed by atoms with Crippen molar-refractivity contribution in [1.82, 2.24) is 9.71 Å². The summed E-state index contributed by atoms with van der Waals surface area (Å²) in [5.41, 5.74) is 2.64. The van der Waals surface area contributed by atoms with Crippen LogP contribution in [0, 0.1) is 0 Å². The number of carbonyl (C=O) groups excluding carboxylic acids is 1. The van der Waals surface area contributed by atoms with E-state index in [0.29, 0.717) is 17.0 Å². The maximum Gasteiger partial charge on any atom is 0.255 e. The van der Waals surface area contributed by atoms with E-state index < -0.39 is 10.0 Å². The van der Waals surface area contributed by atoms with Gasteiger partial charge < -0.3 is 10.1 Å². The third kappa shape index (κ3) is 5.72. The number of benzene rings is 2. The second kappa shape index (κ2) is 9.50. The van der Waals surface area contributed by atoms with Gasteiger partial charge in [-0.2, -0.15) is 0 Å². The predicted molar refractivity (Wildman–Crippen MR) is 124 cm³/mol. The lowest BCUT2D eigenvalue weighted by molar-refractivity contribution is 0.102. The summed E-state index contributed by atoms with van der Waals surface area (Å²) in [6.07, 6.45) is 3.08. The van der Waals surface area contributed by atoms with E-state index in [1.807, 2.05) is 12.1 Å². The fourth-order valence-electron chi connectivity index (χ4n) is 3.02. The van der Waals surface area contributed by atoms with E-state index in [1.165, 1.54) is 13.3 Å². The fraction of sp³-hybridized carbons (Fsp3) is 0.250. The maximum atomic E-state index is 12.6. The van der Waals surface area contributed by atoms with Crippen LogP contribution in [0.25, 0.3) is 0 Å². The minimum absolute atomic E-state index is 0.0497. The SMILES string of the molecule is COc1ccncc1NC(=O)c1ccc(CNS(=O)(=O)c2ccc(C(C)(C)C)cc2)cc1. The first-order chi connectivity index (χ1) is 15.1. The smallest absolute Gasteiger partial charge is 0.255 e. The van der Waals surface area contributed by atoms with Gasteiger partial charge in [-0.15, -0.1) is 0 Å². The number of hydrogen-bond acceptors (Lipinski definition) is 5. The number of pyridine rings is 1. The van der Waals surface area contributed by atoms with Crippen molar-refractivity contribution in [2.45, 2.75) is 37.6 Å². The first kappa shape index (κ1) is 23.4. The van der Waals surface area contributed by atoms with Crippen molar-refractivity contribution in [3.63, 3.8) is 0 Å². The van der Waals surface area contributed by atoms with Crippen LogP contribution in [0.15, 0.2) is 71.9 Å². The van der Waals surface area contributed by atoms with Crippen LogP contribution >= 0.6 is 0 Å². The summed E-state index contributed by atoms with van der Waals surface area (Å²) < 4.78 is 33.0. The average molecular weight is 454 g/mol. The molecule has 168 valence electrons. The molecule has 0 aliphatic rings. The van der Waals surface area contributed by atoms with Crippen molar-refractivity contribution in [2.75, 3.05) is 12.4 Å². The number of nitrogens with zero attached hydrogens (tertiary/aromatic N) is 1. The second-order valence-corrected chi connectivity index (χ2v) is 10.1. The number of nitrogens with one attached hydrogen (secondary N) is 2. The lowest BCUT2D eigenvalue weighted by Gasteiger charge is -2.19. The summed E-state index contributed by atoms with van der Waals surface area (Å²) in [4.78, 5) is 16.7. The standard InChI is InChI=1S/C24H27N3O4S/c1-24(2,3)19-9-11-20(12-10-19)32(29,30)26-15-17-5-7-18(8-6-17)23(28)27-21-16-25-14-13-22(21)31-4/h5-14,16,26H,15H2,1-4H3,(H,27,28). The third-order valence-corrected chi connectivity index (χ3v) is 6.38. The first-order valence-electron chi connectivity index (χ1n) is 10.1. The average Bonchev–Trinajstić information content (AvgIpc) is 2.78. The molecule has 0 radical (unpaired) electrons. The van der Waals surface area contributed by atoms with E-state index in [9.17, 15) is 13.2 Å². The number of aromatic nitrogens is 1. The van der Waals surface area contributed by atoms with E-state index in [-0.39, 0.29) is 22.8 Å². The van der Waals surface area contributed by atoms with Crippen molar-refractivity contribution >= 4 is 21.6 Å². The van der Waals surface area contributed by atoms with Gasteiger partial charge in [-0.1, -0.05) is 45.0 Å². The van der Waals surface area contributed by atoms with Gasteiger partial charge in [-0.25, -0.2) is 13.1 Å². The molecule has 0 fully saturated rings. The van der Waals surface area contributed by atoms with E-state index in [4.69, 9.17) is 4.74 Å². The Balaban J connectivity index is 1.63. The van der Waals surface area contributed by atoms with Gasteiger partial charge in [0.05, 0.1) is 18.2 Å². The molecule has 0 unspecified atom stereocenters. The van der Waals surface area contributed by atoms with Crippen molar-refractivity contribution in [1.29, 1.82) is 0 Å². The van der Waals surface area contributed by atoms with Gasteiger partial charge in [-0.3, -0.25) is 9.78 Å². The molecule has 2 N–H and O–H groups in total. The summed E-state index contributed by atoms with van der Waals surface area (Å²) in [6.45, 7) is 6.34. The topological polar surface area (TPSA) is 97.4 Å². The van der Waals surface area contributed by atoms with Crippen molar-refractivity contribution in [3.8, 4) is 5.75 Å². The number of anilines is 1. The Morgan fingerprint density at radius 2 is 1.66 bits per heavy atom. The Morgan fingerprint density at radius 3 is 2.25 bits per heavy atom. The number of methoxy groups -OCH3 is 1. The molecule has 32 heavy (non-hydrogen) atoms. The van der Waals surface area contributed by atoms with Crippen LogP contribution in [0.4, 0.5) is 5.69 Å². The van der Waals surface area contributed by atoms with E-state index in [0.717, 1.165) is 11.1 Å². The number of carbonyl (C=O) groups is 1. The van der Waals surface area contributed by atoms with E-state index in [2.05, 4.69) is 35.8 Å². The largest absolute Gasteiger partial charge is 0.494 e. The highest BCUT2D eigenvalue weighted by Gasteiger charge is 2.17. The van der Waals surface area contributed by atoms with Gasteiger partial charge in [0.25, 0.3) is 5.91 Å². The quantitative estimate of drug-likeness (QED) is 0.561. The van der Waals surface area contributed by atoms with Crippen LogP contribution in [0.1, 0.15) is 42.3 Å². The Bertz CT molecular complexity index is 1180. The van der Waals surface area contributed by atoms with Crippen molar-refractivity contribution in [2.24, 2.45) is 0 Å². The highest BCUT2D eigenvalue weighted by atomic mass is 32.2. The lowest BCUT2D eigenvalue weighted by atomic mass is 9.87. The van der Waals surface area contributed by atoms with Crippen LogP contribution in [0.2, 0.25) is 0 Å². The number of rotatable bonds is 7. The monoisotopic (exact) mass is 453 g/mol. The third-order valence-electron chi connectivity index (χ3n) is 4.96. The molecule has 0 atom stereocenters. The number of hydrogen-bond donors (Lipinski definition) is 2. The molecule has 2 aromatic carbocycles.